The first-order valence-electron chi connectivity index (χ1n) is 10.3. The minimum atomic E-state index is -3.25. The monoisotopic (exact) mass is 458 g/mol. The molecular formula is C23H26N2O4S2. The van der Waals surface area contributed by atoms with Crippen LogP contribution < -0.4 is 4.72 Å². The summed E-state index contributed by atoms with van der Waals surface area (Å²) in [7, 11) is -3.25. The van der Waals surface area contributed by atoms with Crippen LogP contribution in [0.25, 0.3) is 11.0 Å². The summed E-state index contributed by atoms with van der Waals surface area (Å²) in [5.74, 6) is 1.82. The summed E-state index contributed by atoms with van der Waals surface area (Å²) in [6, 6.07) is 17.9. The van der Waals surface area contributed by atoms with Crippen LogP contribution in [-0.4, -0.2) is 44.6 Å². The summed E-state index contributed by atoms with van der Waals surface area (Å²) >= 11 is 1.76. The van der Waals surface area contributed by atoms with Gasteiger partial charge in [-0.05, 0) is 24.5 Å². The molecule has 1 aromatic heterocycles. The van der Waals surface area contributed by atoms with Gasteiger partial charge in [-0.2, -0.15) is 11.8 Å². The van der Waals surface area contributed by atoms with Crippen LogP contribution in [0.5, 0.6) is 0 Å². The number of thioether (sulfide) groups is 1. The number of carbonyl (C=O) groups is 1. The highest BCUT2D eigenvalue weighted by Gasteiger charge is 2.29. The molecule has 0 unspecified atom stereocenters. The van der Waals surface area contributed by atoms with Gasteiger partial charge in [-0.15, -0.1) is 0 Å². The van der Waals surface area contributed by atoms with Crippen molar-refractivity contribution in [3.63, 3.8) is 0 Å². The Labute approximate surface area is 187 Å². The van der Waals surface area contributed by atoms with Crippen LogP contribution in [-0.2, 0) is 21.5 Å². The standard InChI is InChI=1S/C23H26N2O4S2/c1-31(27,28)24-18-11-13-25(14-12-18)23(26)22-20(19-9-5-6-10-21(19)29-22)16-30-15-17-7-3-2-4-8-17/h2-10,18,24H,11-16H2,1H3. The second-order valence-electron chi connectivity index (χ2n) is 7.84. The number of fused-ring (bicyclic) bond motifs is 1. The first-order chi connectivity index (χ1) is 14.9. The van der Waals surface area contributed by atoms with Gasteiger partial charge in [0, 0.05) is 41.6 Å². The number of sulfonamides is 1. The van der Waals surface area contributed by atoms with Crippen LogP contribution in [0.15, 0.2) is 59.0 Å². The molecule has 1 saturated heterocycles. The molecule has 1 fully saturated rings. The molecule has 1 N–H and O–H groups in total. The van der Waals surface area contributed by atoms with Crippen molar-refractivity contribution >= 4 is 38.7 Å². The summed E-state index contributed by atoms with van der Waals surface area (Å²) in [6.07, 6.45) is 2.35. The molecule has 1 aliphatic heterocycles. The molecule has 0 atom stereocenters. The molecule has 2 aromatic carbocycles. The fraction of sp³-hybridized carbons (Fsp3) is 0.348. The third kappa shape index (κ3) is 5.50. The lowest BCUT2D eigenvalue weighted by atomic mass is 10.1. The highest BCUT2D eigenvalue weighted by atomic mass is 32.2. The second kappa shape index (κ2) is 9.46. The van der Waals surface area contributed by atoms with Crippen LogP contribution >= 0.6 is 11.8 Å². The van der Waals surface area contributed by atoms with Gasteiger partial charge in [0.1, 0.15) is 5.58 Å². The van der Waals surface area contributed by atoms with Gasteiger partial charge in [0.2, 0.25) is 10.0 Å². The fourth-order valence-electron chi connectivity index (χ4n) is 3.91. The molecule has 164 valence electrons. The zero-order valence-electron chi connectivity index (χ0n) is 17.4. The van der Waals surface area contributed by atoms with E-state index >= 15 is 0 Å². The topological polar surface area (TPSA) is 79.6 Å². The predicted octanol–water partition coefficient (Wildman–Crippen LogP) is 4.02. The van der Waals surface area contributed by atoms with Crippen molar-refractivity contribution in [2.45, 2.75) is 30.4 Å². The van der Waals surface area contributed by atoms with Crippen LogP contribution in [0.2, 0.25) is 0 Å². The Morgan fingerprint density at radius 1 is 1.06 bits per heavy atom. The number of hydrogen-bond donors (Lipinski definition) is 1. The minimum absolute atomic E-state index is 0.121. The molecule has 31 heavy (non-hydrogen) atoms. The zero-order valence-corrected chi connectivity index (χ0v) is 19.0. The Balaban J connectivity index is 1.49. The lowest BCUT2D eigenvalue weighted by Gasteiger charge is -2.31. The van der Waals surface area contributed by atoms with Crippen molar-refractivity contribution in [1.29, 1.82) is 0 Å². The molecular weight excluding hydrogens is 432 g/mol. The van der Waals surface area contributed by atoms with Gasteiger partial charge in [-0.3, -0.25) is 4.79 Å². The Bertz CT molecular complexity index is 1150. The highest BCUT2D eigenvalue weighted by Crippen LogP contribution is 2.31. The van der Waals surface area contributed by atoms with E-state index in [2.05, 4.69) is 16.9 Å². The second-order valence-corrected chi connectivity index (χ2v) is 10.6. The van der Waals surface area contributed by atoms with Gasteiger partial charge < -0.3 is 9.32 Å². The average Bonchev–Trinajstić information content (AvgIpc) is 3.12. The highest BCUT2D eigenvalue weighted by molar-refractivity contribution is 7.97. The average molecular weight is 459 g/mol. The summed E-state index contributed by atoms with van der Waals surface area (Å²) in [5, 5.41) is 0.972. The lowest BCUT2D eigenvalue weighted by molar-refractivity contribution is 0.0680. The van der Waals surface area contributed by atoms with Gasteiger partial charge >= 0.3 is 0 Å². The van der Waals surface area contributed by atoms with Crippen molar-refractivity contribution in [2.75, 3.05) is 19.3 Å². The smallest absolute Gasteiger partial charge is 0.289 e. The van der Waals surface area contributed by atoms with Gasteiger partial charge in [0.05, 0.1) is 6.26 Å². The number of hydrogen-bond acceptors (Lipinski definition) is 5. The van der Waals surface area contributed by atoms with E-state index in [-0.39, 0.29) is 11.9 Å². The third-order valence-corrected chi connectivity index (χ3v) is 7.21. The maximum atomic E-state index is 13.3. The van der Waals surface area contributed by atoms with Gasteiger partial charge in [-0.25, -0.2) is 13.1 Å². The summed E-state index contributed by atoms with van der Waals surface area (Å²) < 4.78 is 31.6. The van der Waals surface area contributed by atoms with Crippen LogP contribution in [0.4, 0.5) is 0 Å². The minimum Gasteiger partial charge on any atom is -0.451 e. The summed E-state index contributed by atoms with van der Waals surface area (Å²) in [4.78, 5) is 15.1. The number of piperidine rings is 1. The normalized spacial score (nSPS) is 15.5. The summed E-state index contributed by atoms with van der Waals surface area (Å²) in [6.45, 7) is 0.999. The van der Waals surface area contributed by atoms with Crippen LogP contribution in [0, 0.1) is 0 Å². The Hall–Kier alpha value is -2.29. The van der Waals surface area contributed by atoms with E-state index in [0.29, 0.717) is 37.4 Å². The zero-order chi connectivity index (χ0) is 21.8. The third-order valence-electron chi connectivity index (χ3n) is 5.41. The van der Waals surface area contributed by atoms with E-state index in [0.717, 1.165) is 28.5 Å². The van der Waals surface area contributed by atoms with Crippen molar-refractivity contribution in [3.05, 3.63) is 71.5 Å². The van der Waals surface area contributed by atoms with Crippen LogP contribution in [0.1, 0.15) is 34.5 Å². The molecule has 0 aliphatic carbocycles. The summed E-state index contributed by atoms with van der Waals surface area (Å²) in [5.41, 5.74) is 2.89. The molecule has 0 bridgehead atoms. The van der Waals surface area contributed by atoms with Crippen molar-refractivity contribution in [2.24, 2.45) is 0 Å². The SMILES string of the molecule is CS(=O)(=O)NC1CCN(C(=O)c2oc3ccccc3c2CSCc2ccccc2)CC1. The first kappa shape index (κ1) is 21.9. The van der Waals surface area contributed by atoms with Crippen molar-refractivity contribution in [1.82, 2.24) is 9.62 Å². The Morgan fingerprint density at radius 2 is 1.74 bits per heavy atom. The Morgan fingerprint density at radius 3 is 2.45 bits per heavy atom. The maximum absolute atomic E-state index is 13.3. The van der Waals surface area contributed by atoms with Gasteiger partial charge in [-0.1, -0.05) is 48.5 Å². The van der Waals surface area contributed by atoms with E-state index in [1.165, 1.54) is 5.56 Å². The lowest BCUT2D eigenvalue weighted by Crippen LogP contribution is -2.46. The maximum Gasteiger partial charge on any atom is 0.289 e. The number of benzene rings is 2. The number of likely N-dealkylation sites (tertiary alicyclic amines) is 1. The molecule has 3 aromatic rings. The number of furan rings is 1. The predicted molar refractivity (Wildman–Crippen MR) is 125 cm³/mol. The number of amides is 1. The first-order valence-corrected chi connectivity index (χ1v) is 13.3. The molecule has 0 spiro atoms. The quantitative estimate of drug-likeness (QED) is 0.578. The number of carbonyl (C=O) groups excluding carboxylic acids is 1. The fourth-order valence-corrected chi connectivity index (χ4v) is 5.77. The van der Waals surface area contributed by atoms with Gasteiger partial charge in [0.25, 0.3) is 5.91 Å². The van der Waals surface area contributed by atoms with E-state index in [1.54, 1.807) is 16.7 Å². The number of para-hydroxylation sites is 1. The number of nitrogens with zero attached hydrogens (tertiary/aromatic N) is 1. The number of nitrogens with one attached hydrogen (secondary N) is 1. The molecule has 4 rings (SSSR count). The molecule has 2 heterocycles. The van der Waals surface area contributed by atoms with Crippen molar-refractivity contribution < 1.29 is 17.6 Å². The van der Waals surface area contributed by atoms with Gasteiger partial charge in [0.15, 0.2) is 5.76 Å². The largest absolute Gasteiger partial charge is 0.451 e. The molecule has 1 aliphatic rings. The van der Waals surface area contributed by atoms with Crippen molar-refractivity contribution in [3.8, 4) is 0 Å². The van der Waals surface area contributed by atoms with E-state index in [1.807, 2.05) is 42.5 Å². The molecule has 0 radical (unpaired) electrons. The molecule has 8 heteroatoms. The van der Waals surface area contributed by atoms with E-state index in [9.17, 15) is 13.2 Å². The molecule has 6 nitrogen and oxygen atoms in total. The van der Waals surface area contributed by atoms with E-state index < -0.39 is 10.0 Å². The molecule has 1 amide bonds. The van der Waals surface area contributed by atoms with E-state index in [4.69, 9.17) is 4.42 Å². The number of rotatable bonds is 7. The van der Waals surface area contributed by atoms with Crippen LogP contribution in [0.3, 0.4) is 0 Å². The Kier molecular flexibility index (Phi) is 6.69. The molecule has 0 saturated carbocycles.